The lowest BCUT2D eigenvalue weighted by atomic mass is 10.1. The summed E-state index contributed by atoms with van der Waals surface area (Å²) in [5.74, 6) is -0.288. The van der Waals surface area contributed by atoms with E-state index in [2.05, 4.69) is 31.6 Å². The van der Waals surface area contributed by atoms with Gasteiger partial charge in [-0.15, -0.1) is 0 Å². The van der Waals surface area contributed by atoms with Crippen molar-refractivity contribution in [1.82, 2.24) is 10.3 Å². The minimum atomic E-state index is -0.421. The number of hydrogen-bond donors (Lipinski definition) is 2. The highest BCUT2D eigenvalue weighted by molar-refractivity contribution is 9.10. The lowest BCUT2D eigenvalue weighted by molar-refractivity contribution is -0.117. The van der Waals surface area contributed by atoms with Gasteiger partial charge in [0.25, 0.3) is 0 Å². The predicted octanol–water partition coefficient (Wildman–Crippen LogP) is 3.96. The van der Waals surface area contributed by atoms with Gasteiger partial charge in [0.2, 0.25) is 11.7 Å². The minimum Gasteiger partial charge on any atom is -0.395 e. The first kappa shape index (κ1) is 21.0. The average molecular weight is 441 g/mol. The Kier molecular flexibility index (Phi) is 7.93. The Bertz CT molecular complexity index is 810. The number of rotatable bonds is 9. The molecule has 2 rings (SSSR count). The summed E-state index contributed by atoms with van der Waals surface area (Å²) in [6, 6.07) is 4.36. The molecule has 0 saturated carbocycles. The Hall–Kier alpha value is -2.26. The third-order valence-corrected chi connectivity index (χ3v) is 4.32. The van der Waals surface area contributed by atoms with E-state index in [-0.39, 0.29) is 30.0 Å². The van der Waals surface area contributed by atoms with Crippen molar-refractivity contribution >= 4 is 39.0 Å². The number of aromatic nitrogens is 2. The number of hydrogen-bond acceptors (Lipinski definition) is 6. The molecule has 0 fully saturated rings. The van der Waals surface area contributed by atoms with Crippen LogP contribution in [0.2, 0.25) is 0 Å². The van der Waals surface area contributed by atoms with Gasteiger partial charge in [-0.05, 0) is 50.9 Å². The molecule has 1 heterocycles. The number of benzene rings is 1. The van der Waals surface area contributed by atoms with Gasteiger partial charge < -0.3 is 10.4 Å². The molecule has 1 aromatic carbocycles. The van der Waals surface area contributed by atoms with Crippen LogP contribution in [0.15, 0.2) is 33.4 Å². The van der Waals surface area contributed by atoms with E-state index < -0.39 is 5.82 Å². The largest absolute Gasteiger partial charge is 0.395 e. The molecule has 146 valence electrons. The molecule has 0 spiro atoms. The number of unbranched alkanes of at least 4 members (excludes halogenated alkanes) is 1. The van der Waals surface area contributed by atoms with Gasteiger partial charge in [-0.1, -0.05) is 26.3 Å². The zero-order valence-electron chi connectivity index (χ0n) is 15.2. The van der Waals surface area contributed by atoms with Crippen LogP contribution >= 0.6 is 15.9 Å². The van der Waals surface area contributed by atoms with Crippen molar-refractivity contribution in [2.24, 2.45) is 0 Å². The molecule has 9 heteroatoms. The number of aliphatic hydroxyl groups is 1. The second kappa shape index (κ2) is 10.2. The average Bonchev–Trinajstić information content (AvgIpc) is 3.13. The van der Waals surface area contributed by atoms with Crippen LogP contribution in [0.25, 0.3) is 5.70 Å². The van der Waals surface area contributed by atoms with Crippen molar-refractivity contribution in [2.75, 3.05) is 23.4 Å². The quantitative estimate of drug-likeness (QED) is 0.612. The fraction of sp³-hybridized carbons (Fsp3) is 0.389. The molecule has 1 amide bonds. The zero-order chi connectivity index (χ0) is 19.8. The normalized spacial score (nSPS) is 11.5. The molecular formula is C18H22BrFN4O3. The number of carbonyl (C=O) groups is 1. The molecule has 0 saturated heterocycles. The number of allylic oxidation sites excluding steroid dienone is 1. The molecule has 0 aliphatic heterocycles. The number of carbonyl (C=O) groups excluding carboxylic acids is 1. The second-order valence-corrected chi connectivity index (χ2v) is 6.53. The van der Waals surface area contributed by atoms with Crippen molar-refractivity contribution < 1.29 is 18.9 Å². The molecule has 7 nitrogen and oxygen atoms in total. The fourth-order valence-corrected chi connectivity index (χ4v) is 2.79. The number of anilines is 2. The summed E-state index contributed by atoms with van der Waals surface area (Å²) >= 11 is 3.17. The Morgan fingerprint density at radius 2 is 2.19 bits per heavy atom. The van der Waals surface area contributed by atoms with E-state index >= 15 is 0 Å². The number of aliphatic hydroxyl groups excluding tert-OH is 1. The highest BCUT2D eigenvalue weighted by Crippen LogP contribution is 2.32. The van der Waals surface area contributed by atoms with Crippen LogP contribution in [-0.2, 0) is 4.79 Å². The molecule has 2 N–H and O–H groups in total. The van der Waals surface area contributed by atoms with Gasteiger partial charge in [-0.3, -0.25) is 9.69 Å². The predicted molar refractivity (Wildman–Crippen MR) is 105 cm³/mol. The number of nitrogens with zero attached hydrogens (tertiary/aromatic N) is 3. The third kappa shape index (κ3) is 5.14. The summed E-state index contributed by atoms with van der Waals surface area (Å²) in [5, 5.41) is 19.7. The highest BCUT2D eigenvalue weighted by Gasteiger charge is 2.26. The first-order valence-corrected chi connectivity index (χ1v) is 9.48. The monoisotopic (exact) mass is 440 g/mol. The summed E-state index contributed by atoms with van der Waals surface area (Å²) < 4.78 is 18.8. The van der Waals surface area contributed by atoms with E-state index in [9.17, 15) is 9.18 Å². The van der Waals surface area contributed by atoms with Gasteiger partial charge in [-0.2, -0.15) is 0 Å². The molecule has 0 aliphatic rings. The van der Waals surface area contributed by atoms with Crippen LogP contribution in [0.4, 0.5) is 15.9 Å². The molecule has 0 atom stereocenters. The van der Waals surface area contributed by atoms with Gasteiger partial charge in [0.15, 0.2) is 5.69 Å². The molecule has 0 unspecified atom stereocenters. The topological polar surface area (TPSA) is 91.5 Å². The van der Waals surface area contributed by atoms with E-state index in [1.807, 2.05) is 13.0 Å². The van der Waals surface area contributed by atoms with Crippen LogP contribution in [-0.4, -0.2) is 34.5 Å². The smallest absolute Gasteiger partial charge is 0.231 e. The molecule has 0 aliphatic carbocycles. The number of halogens is 2. The van der Waals surface area contributed by atoms with Crippen molar-refractivity contribution in [1.29, 1.82) is 0 Å². The van der Waals surface area contributed by atoms with Crippen molar-refractivity contribution in [3.05, 3.63) is 40.3 Å². The van der Waals surface area contributed by atoms with Crippen LogP contribution in [0, 0.1) is 5.82 Å². The Labute approximate surface area is 165 Å². The summed E-state index contributed by atoms with van der Waals surface area (Å²) in [5.41, 5.74) is 1.33. The van der Waals surface area contributed by atoms with Crippen molar-refractivity contribution in [3.8, 4) is 0 Å². The Balaban J connectivity index is 2.57. The maximum atomic E-state index is 13.7. The highest BCUT2D eigenvalue weighted by atomic mass is 79.9. The van der Waals surface area contributed by atoms with Gasteiger partial charge in [-0.25, -0.2) is 9.02 Å². The summed E-state index contributed by atoms with van der Waals surface area (Å²) in [6.07, 6.45) is 3.66. The maximum Gasteiger partial charge on any atom is 0.231 e. The first-order chi connectivity index (χ1) is 13.0. The second-order valence-electron chi connectivity index (χ2n) is 5.67. The SMILES string of the molecule is CCCC=C(c1nonc1NCCO)N(C(=O)CC)c1ccc(F)c(Br)c1. The zero-order valence-corrected chi connectivity index (χ0v) is 16.8. The summed E-state index contributed by atoms with van der Waals surface area (Å²) in [4.78, 5) is 14.2. The van der Waals surface area contributed by atoms with E-state index in [1.165, 1.54) is 23.1 Å². The Morgan fingerprint density at radius 3 is 2.81 bits per heavy atom. The molecule has 0 radical (unpaired) electrons. The molecular weight excluding hydrogens is 419 g/mol. The summed E-state index contributed by atoms with van der Waals surface area (Å²) in [7, 11) is 0. The van der Waals surface area contributed by atoms with Crippen molar-refractivity contribution in [3.63, 3.8) is 0 Å². The molecule has 0 bridgehead atoms. The third-order valence-electron chi connectivity index (χ3n) is 3.72. The molecule has 1 aromatic heterocycles. The van der Waals surface area contributed by atoms with E-state index in [4.69, 9.17) is 9.74 Å². The van der Waals surface area contributed by atoms with E-state index in [0.717, 1.165) is 6.42 Å². The summed E-state index contributed by atoms with van der Waals surface area (Å²) in [6.45, 7) is 3.92. The van der Waals surface area contributed by atoms with E-state index in [1.54, 1.807) is 6.92 Å². The Morgan fingerprint density at radius 1 is 1.41 bits per heavy atom. The van der Waals surface area contributed by atoms with Gasteiger partial charge in [0.1, 0.15) is 5.82 Å². The van der Waals surface area contributed by atoms with Crippen LogP contribution < -0.4 is 10.2 Å². The lowest BCUT2D eigenvalue weighted by Crippen LogP contribution is -2.29. The number of nitrogens with one attached hydrogen (secondary N) is 1. The van der Waals surface area contributed by atoms with Crippen LogP contribution in [0.3, 0.4) is 0 Å². The minimum absolute atomic E-state index is 0.0944. The molecule has 2 aromatic rings. The number of amides is 1. The van der Waals surface area contributed by atoms with Gasteiger partial charge in [0.05, 0.1) is 22.5 Å². The van der Waals surface area contributed by atoms with Crippen LogP contribution in [0.5, 0.6) is 0 Å². The van der Waals surface area contributed by atoms with Gasteiger partial charge in [0, 0.05) is 13.0 Å². The standard InChI is InChI=1S/C18H22BrFN4O3/c1-3-5-6-15(17-18(21-9-10-25)23-27-22-17)24(16(26)4-2)12-7-8-14(20)13(19)11-12/h6-8,11,25H,3-5,9-10H2,1-2H3,(H,21,23). The van der Waals surface area contributed by atoms with Crippen molar-refractivity contribution in [2.45, 2.75) is 33.1 Å². The molecule has 27 heavy (non-hydrogen) atoms. The van der Waals surface area contributed by atoms with E-state index in [0.29, 0.717) is 29.3 Å². The van der Waals surface area contributed by atoms with Crippen LogP contribution in [0.1, 0.15) is 38.8 Å². The lowest BCUT2D eigenvalue weighted by Gasteiger charge is -2.25. The fourth-order valence-electron chi connectivity index (χ4n) is 2.42. The maximum absolute atomic E-state index is 13.7. The first-order valence-electron chi connectivity index (χ1n) is 8.69. The van der Waals surface area contributed by atoms with Gasteiger partial charge >= 0.3 is 0 Å².